The highest BCUT2D eigenvalue weighted by Gasteiger charge is 2.20. The largest absolute Gasteiger partial charge is 0.408 e. The molecule has 2 amide bonds. The summed E-state index contributed by atoms with van der Waals surface area (Å²) in [4.78, 5) is 9.35. The zero-order chi connectivity index (χ0) is 12.1. The lowest BCUT2D eigenvalue weighted by Crippen LogP contribution is -2.34. The van der Waals surface area contributed by atoms with Crippen LogP contribution in [0.5, 0.6) is 0 Å². The number of carbonyl (C=O) groups excluding carboxylic acids is 1. The van der Waals surface area contributed by atoms with E-state index < -0.39 is 6.03 Å². The lowest BCUT2D eigenvalue weighted by molar-refractivity contribution is 0.249. The van der Waals surface area contributed by atoms with Gasteiger partial charge in [-0.25, -0.2) is 10.6 Å². The number of primary amides is 1. The van der Waals surface area contributed by atoms with Gasteiger partial charge < -0.3 is 15.9 Å². The first-order valence-corrected chi connectivity index (χ1v) is 4.13. The number of nitrogens with two attached hydrogens (primary N) is 3. The Morgan fingerprint density at radius 1 is 1.38 bits per heavy atom. The molecule has 0 unspecified atom stereocenters. The predicted molar refractivity (Wildman–Crippen MR) is 61.6 cm³/mol. The van der Waals surface area contributed by atoms with E-state index in [2.05, 4.69) is 21.8 Å². The monoisotopic (exact) mass is 252 g/mol. The second-order valence-corrected chi connectivity index (χ2v) is 3.70. The molecule has 1 heterocycles. The van der Waals surface area contributed by atoms with E-state index in [0.717, 1.165) is 0 Å². The fourth-order valence-electron chi connectivity index (χ4n) is 0.538. The van der Waals surface area contributed by atoms with Crippen LogP contribution in [0.15, 0.2) is 4.42 Å². The number of nitrogen functional groups attached to an aromatic ring is 1. The van der Waals surface area contributed by atoms with Crippen LogP contribution in [0.1, 0.15) is 26.7 Å². The number of halogens is 1. The number of hydrogen-bond acceptors (Lipinski definition) is 6. The van der Waals surface area contributed by atoms with E-state index in [0.29, 0.717) is 5.89 Å². The van der Waals surface area contributed by atoms with Crippen LogP contribution in [0.4, 0.5) is 10.8 Å². The van der Waals surface area contributed by atoms with Crippen molar-refractivity contribution in [3.8, 4) is 0 Å². The average Bonchev–Trinajstić information content (AvgIpc) is 2.52. The van der Waals surface area contributed by atoms with Gasteiger partial charge in [-0.1, -0.05) is 25.9 Å². The van der Waals surface area contributed by atoms with Crippen LogP contribution < -0.4 is 22.7 Å². The van der Waals surface area contributed by atoms with E-state index >= 15 is 0 Å². The van der Waals surface area contributed by atoms with Crippen LogP contribution in [0, 0.1) is 0 Å². The molecule has 0 atom stereocenters. The van der Waals surface area contributed by atoms with Crippen molar-refractivity contribution in [3.05, 3.63) is 5.89 Å². The molecule has 0 aliphatic carbocycles. The highest BCUT2D eigenvalue weighted by molar-refractivity contribution is 5.85. The number of rotatable bonds is 0. The minimum atomic E-state index is -0.718. The number of urea groups is 1. The zero-order valence-corrected chi connectivity index (χ0v) is 10.2. The maximum atomic E-state index is 9.35. The van der Waals surface area contributed by atoms with E-state index in [1.54, 1.807) is 5.43 Å². The summed E-state index contributed by atoms with van der Waals surface area (Å²) in [5.41, 5.74) is 11.2. The fourth-order valence-corrected chi connectivity index (χ4v) is 0.538. The molecular weight excluding hydrogens is 236 g/mol. The molecule has 0 bridgehead atoms. The molecule has 9 heteroatoms. The van der Waals surface area contributed by atoms with Gasteiger partial charge in [0.1, 0.15) is 0 Å². The maximum Gasteiger partial charge on any atom is 0.326 e. The van der Waals surface area contributed by atoms with Gasteiger partial charge in [-0.15, -0.1) is 17.5 Å². The van der Waals surface area contributed by atoms with Gasteiger partial charge in [0.25, 0.3) is 0 Å². The van der Waals surface area contributed by atoms with Gasteiger partial charge in [0.05, 0.1) is 0 Å². The van der Waals surface area contributed by atoms with Crippen LogP contribution >= 0.6 is 12.4 Å². The van der Waals surface area contributed by atoms with Crippen molar-refractivity contribution in [1.82, 2.24) is 15.6 Å². The summed E-state index contributed by atoms with van der Waals surface area (Å²) in [6.07, 6.45) is 0. The molecule has 0 radical (unpaired) electrons. The van der Waals surface area contributed by atoms with Crippen molar-refractivity contribution in [2.24, 2.45) is 11.6 Å². The van der Waals surface area contributed by atoms with Crippen molar-refractivity contribution in [2.45, 2.75) is 26.2 Å². The number of nitrogens with one attached hydrogen (secondary N) is 1. The number of carbonyl (C=O) groups is 1. The second kappa shape index (κ2) is 6.85. The van der Waals surface area contributed by atoms with Crippen molar-refractivity contribution in [1.29, 1.82) is 0 Å². The smallest absolute Gasteiger partial charge is 0.326 e. The molecule has 1 rings (SSSR count). The Labute approximate surface area is 99.3 Å². The first kappa shape index (κ1) is 16.9. The van der Waals surface area contributed by atoms with Crippen LogP contribution in [-0.2, 0) is 5.41 Å². The molecular formula is C7H17ClN6O2. The molecule has 1 aromatic rings. The normalized spacial score (nSPS) is 9.50. The molecule has 94 valence electrons. The highest BCUT2D eigenvalue weighted by atomic mass is 35.5. The molecule has 8 nitrogen and oxygen atoms in total. The number of amides is 2. The summed E-state index contributed by atoms with van der Waals surface area (Å²) >= 11 is 0. The fraction of sp³-hybridized carbons (Fsp3) is 0.571. The Morgan fingerprint density at radius 3 is 1.94 bits per heavy atom. The number of anilines is 1. The third-order valence-corrected chi connectivity index (χ3v) is 1.22. The summed E-state index contributed by atoms with van der Waals surface area (Å²) in [6, 6.07) is -0.588. The van der Waals surface area contributed by atoms with Crippen molar-refractivity contribution in [2.75, 3.05) is 5.73 Å². The lowest BCUT2D eigenvalue weighted by atomic mass is 9.97. The van der Waals surface area contributed by atoms with Crippen LogP contribution in [0.25, 0.3) is 0 Å². The molecule has 0 aromatic carbocycles. The first-order chi connectivity index (χ1) is 6.77. The SMILES string of the molecule is CC(C)(C)c1nnc(N)o1.Cl.NNC(N)=O. The summed E-state index contributed by atoms with van der Waals surface area (Å²) in [7, 11) is 0. The van der Waals surface area contributed by atoms with Crippen LogP contribution in [0.2, 0.25) is 0 Å². The summed E-state index contributed by atoms with van der Waals surface area (Å²) in [6.45, 7) is 5.96. The zero-order valence-electron chi connectivity index (χ0n) is 9.35. The Bertz CT molecular complexity index is 321. The van der Waals surface area contributed by atoms with E-state index in [4.69, 9.17) is 10.2 Å². The molecule has 7 N–H and O–H groups in total. The molecule has 1 aromatic heterocycles. The first-order valence-electron chi connectivity index (χ1n) is 4.13. The van der Waals surface area contributed by atoms with Crippen molar-refractivity contribution in [3.63, 3.8) is 0 Å². The number of hydrazine groups is 1. The lowest BCUT2D eigenvalue weighted by Gasteiger charge is -2.10. The molecule has 0 aliphatic heterocycles. The van der Waals surface area contributed by atoms with E-state index in [-0.39, 0.29) is 23.8 Å². The molecule has 0 saturated carbocycles. The Balaban J connectivity index is 0. The van der Waals surface area contributed by atoms with E-state index in [9.17, 15) is 4.79 Å². The third-order valence-electron chi connectivity index (χ3n) is 1.22. The molecule has 16 heavy (non-hydrogen) atoms. The summed E-state index contributed by atoms with van der Waals surface area (Å²) in [5.74, 6) is 5.02. The second-order valence-electron chi connectivity index (χ2n) is 3.70. The molecule has 0 fully saturated rings. The highest BCUT2D eigenvalue weighted by Crippen LogP contribution is 2.20. The minimum absolute atomic E-state index is 0. The Hall–Kier alpha value is -1.54. The third kappa shape index (κ3) is 6.85. The summed E-state index contributed by atoms with van der Waals surface area (Å²) in [5, 5.41) is 7.29. The van der Waals surface area contributed by atoms with Crippen molar-refractivity contribution >= 4 is 24.5 Å². The van der Waals surface area contributed by atoms with Gasteiger partial charge in [-0.05, 0) is 0 Å². The number of nitrogens with zero attached hydrogens (tertiary/aromatic N) is 2. The standard InChI is InChI=1S/C6H11N3O.CH5N3O.ClH/c1-6(2,3)4-8-9-5(7)10-4;2-1(5)4-3;/h1-3H3,(H2,7,9);3H2,(H3,2,4,5);1H. The van der Waals surface area contributed by atoms with Crippen molar-refractivity contribution < 1.29 is 9.21 Å². The van der Waals surface area contributed by atoms with Gasteiger partial charge in [0.15, 0.2) is 0 Å². The minimum Gasteiger partial charge on any atom is -0.408 e. The number of hydrogen-bond donors (Lipinski definition) is 4. The number of aromatic nitrogens is 2. The predicted octanol–water partition coefficient (Wildman–Crippen LogP) is -0.101. The van der Waals surface area contributed by atoms with Crippen LogP contribution in [-0.4, -0.2) is 16.2 Å². The quantitative estimate of drug-likeness (QED) is 0.288. The van der Waals surface area contributed by atoms with E-state index in [1.165, 1.54) is 0 Å². The Morgan fingerprint density at radius 2 is 1.81 bits per heavy atom. The Kier molecular flexibility index (Phi) is 7.23. The van der Waals surface area contributed by atoms with Gasteiger partial charge in [0, 0.05) is 5.41 Å². The van der Waals surface area contributed by atoms with E-state index in [1.807, 2.05) is 20.8 Å². The van der Waals surface area contributed by atoms with Crippen LogP contribution in [0.3, 0.4) is 0 Å². The topological polar surface area (TPSA) is 146 Å². The average molecular weight is 253 g/mol. The van der Waals surface area contributed by atoms with Gasteiger partial charge >= 0.3 is 12.0 Å². The van der Waals surface area contributed by atoms with Gasteiger partial charge in [0.2, 0.25) is 5.89 Å². The molecule has 0 spiro atoms. The molecule has 0 saturated heterocycles. The molecule has 0 aliphatic rings. The maximum absolute atomic E-state index is 9.35. The van der Waals surface area contributed by atoms with Gasteiger partial charge in [-0.2, -0.15) is 0 Å². The van der Waals surface area contributed by atoms with Gasteiger partial charge in [-0.3, -0.25) is 5.43 Å². The summed E-state index contributed by atoms with van der Waals surface area (Å²) < 4.78 is 5.00.